The summed E-state index contributed by atoms with van der Waals surface area (Å²) in [5.41, 5.74) is 1.13. The average molecular weight is 193 g/mol. The Morgan fingerprint density at radius 3 is 3.07 bits per heavy atom. The largest absolute Gasteiger partial charge is 0.353 e. The average Bonchev–Trinajstić information content (AvgIpc) is 2.85. The summed E-state index contributed by atoms with van der Waals surface area (Å²) in [6, 6.07) is 0.460. The molecule has 1 aromatic heterocycles. The lowest BCUT2D eigenvalue weighted by Crippen LogP contribution is -2.26. The van der Waals surface area contributed by atoms with Crippen molar-refractivity contribution in [1.29, 1.82) is 0 Å². The third-order valence-electron chi connectivity index (χ3n) is 2.27. The Bertz CT molecular complexity index is 328. The van der Waals surface area contributed by atoms with E-state index in [-0.39, 0.29) is 5.91 Å². The summed E-state index contributed by atoms with van der Waals surface area (Å²) >= 11 is 0. The fraction of sp³-hybridized carbons (Fsp3) is 0.600. The lowest BCUT2D eigenvalue weighted by Gasteiger charge is -2.02. The van der Waals surface area contributed by atoms with Gasteiger partial charge in [0.15, 0.2) is 0 Å². The van der Waals surface area contributed by atoms with E-state index in [4.69, 9.17) is 0 Å². The van der Waals surface area contributed by atoms with Crippen LogP contribution in [0, 0.1) is 6.92 Å². The minimum absolute atomic E-state index is 0.139. The predicted molar refractivity (Wildman–Crippen MR) is 52.7 cm³/mol. The number of aryl methyl sites for hydroxylation is 2. The lowest BCUT2D eigenvalue weighted by atomic mass is 10.4. The van der Waals surface area contributed by atoms with Crippen molar-refractivity contribution in [2.24, 2.45) is 0 Å². The van der Waals surface area contributed by atoms with Crippen LogP contribution < -0.4 is 5.32 Å². The van der Waals surface area contributed by atoms with Gasteiger partial charge in [-0.2, -0.15) is 5.10 Å². The summed E-state index contributed by atoms with van der Waals surface area (Å²) in [5, 5.41) is 7.07. The highest BCUT2D eigenvalue weighted by molar-refractivity contribution is 5.76. The molecular formula is C10H15N3O. The van der Waals surface area contributed by atoms with Crippen molar-refractivity contribution in [3.63, 3.8) is 0 Å². The second-order valence-corrected chi connectivity index (χ2v) is 3.87. The van der Waals surface area contributed by atoms with Gasteiger partial charge < -0.3 is 5.32 Å². The van der Waals surface area contributed by atoms with E-state index in [1.165, 1.54) is 0 Å². The first kappa shape index (κ1) is 9.24. The van der Waals surface area contributed by atoms with E-state index in [2.05, 4.69) is 10.4 Å². The smallest absolute Gasteiger partial charge is 0.222 e. The van der Waals surface area contributed by atoms with Crippen LogP contribution in [0.4, 0.5) is 0 Å². The molecule has 1 amide bonds. The van der Waals surface area contributed by atoms with E-state index >= 15 is 0 Å². The number of hydrogen-bond acceptors (Lipinski definition) is 2. The summed E-state index contributed by atoms with van der Waals surface area (Å²) in [5.74, 6) is 0.139. The summed E-state index contributed by atoms with van der Waals surface area (Å²) in [6.07, 6.45) is 6.57. The Morgan fingerprint density at radius 1 is 1.71 bits per heavy atom. The second kappa shape index (κ2) is 3.82. The molecule has 0 radical (unpaired) electrons. The number of rotatable bonds is 4. The molecule has 1 heterocycles. The molecule has 0 unspecified atom stereocenters. The standard InChI is InChI=1S/C10H15N3O/c1-8-6-11-13(7-8)5-4-10(14)12-9-2-3-9/h6-7,9H,2-5H2,1H3,(H,12,14). The predicted octanol–water partition coefficient (Wildman–Crippen LogP) is 0.860. The van der Waals surface area contributed by atoms with Crippen molar-refractivity contribution in [1.82, 2.24) is 15.1 Å². The van der Waals surface area contributed by atoms with Crippen LogP contribution in [0.2, 0.25) is 0 Å². The van der Waals surface area contributed by atoms with Crippen LogP contribution in [-0.2, 0) is 11.3 Å². The number of hydrogen-bond donors (Lipinski definition) is 1. The van der Waals surface area contributed by atoms with E-state index in [1.54, 1.807) is 6.20 Å². The highest BCUT2D eigenvalue weighted by Gasteiger charge is 2.22. The molecule has 0 aromatic carbocycles. The number of carbonyl (C=O) groups excluding carboxylic acids is 1. The van der Waals surface area contributed by atoms with Crippen LogP contribution in [0.5, 0.6) is 0 Å². The Labute approximate surface area is 83.3 Å². The van der Waals surface area contributed by atoms with E-state index in [1.807, 2.05) is 17.8 Å². The van der Waals surface area contributed by atoms with Crippen LogP contribution in [0.25, 0.3) is 0 Å². The van der Waals surface area contributed by atoms with E-state index in [9.17, 15) is 4.79 Å². The first-order chi connectivity index (χ1) is 6.74. The van der Waals surface area contributed by atoms with Crippen molar-refractivity contribution in [3.8, 4) is 0 Å². The summed E-state index contributed by atoms with van der Waals surface area (Å²) < 4.78 is 1.81. The van der Waals surface area contributed by atoms with E-state index < -0.39 is 0 Å². The number of aromatic nitrogens is 2. The lowest BCUT2D eigenvalue weighted by molar-refractivity contribution is -0.121. The number of amides is 1. The van der Waals surface area contributed by atoms with Crippen LogP contribution in [-0.4, -0.2) is 21.7 Å². The first-order valence-electron chi connectivity index (χ1n) is 5.02. The van der Waals surface area contributed by atoms with Crippen molar-refractivity contribution in [2.45, 2.75) is 38.8 Å². The molecule has 4 nitrogen and oxygen atoms in total. The molecule has 1 aromatic rings. The molecule has 4 heteroatoms. The normalized spacial score (nSPS) is 15.5. The maximum atomic E-state index is 11.3. The molecule has 1 aliphatic rings. The maximum absolute atomic E-state index is 11.3. The SMILES string of the molecule is Cc1cnn(CCC(=O)NC2CC2)c1. The summed E-state index contributed by atoms with van der Waals surface area (Å²) in [6.45, 7) is 2.67. The number of nitrogens with zero attached hydrogens (tertiary/aromatic N) is 2. The molecule has 1 N–H and O–H groups in total. The zero-order valence-electron chi connectivity index (χ0n) is 8.36. The van der Waals surface area contributed by atoms with Crippen molar-refractivity contribution in [2.75, 3.05) is 0 Å². The topological polar surface area (TPSA) is 46.9 Å². The highest BCUT2D eigenvalue weighted by Crippen LogP contribution is 2.18. The van der Waals surface area contributed by atoms with Gasteiger partial charge in [0, 0.05) is 25.2 Å². The van der Waals surface area contributed by atoms with Crippen molar-refractivity contribution < 1.29 is 4.79 Å². The molecule has 1 aliphatic carbocycles. The zero-order valence-corrected chi connectivity index (χ0v) is 8.36. The van der Waals surface area contributed by atoms with Crippen LogP contribution in [0.1, 0.15) is 24.8 Å². The molecular weight excluding hydrogens is 178 g/mol. The molecule has 0 spiro atoms. The van der Waals surface area contributed by atoms with Gasteiger partial charge in [-0.05, 0) is 25.3 Å². The third kappa shape index (κ3) is 2.58. The van der Waals surface area contributed by atoms with Crippen LogP contribution in [0.15, 0.2) is 12.4 Å². The van der Waals surface area contributed by atoms with Gasteiger partial charge in [-0.25, -0.2) is 0 Å². The van der Waals surface area contributed by atoms with E-state index in [0.29, 0.717) is 19.0 Å². The molecule has 2 rings (SSSR count). The fourth-order valence-electron chi connectivity index (χ4n) is 1.33. The Kier molecular flexibility index (Phi) is 2.52. The monoisotopic (exact) mass is 193 g/mol. The van der Waals surface area contributed by atoms with Gasteiger partial charge in [0.2, 0.25) is 5.91 Å². The van der Waals surface area contributed by atoms with Gasteiger partial charge in [-0.15, -0.1) is 0 Å². The fourth-order valence-corrected chi connectivity index (χ4v) is 1.33. The van der Waals surface area contributed by atoms with Crippen LogP contribution >= 0.6 is 0 Å². The molecule has 1 saturated carbocycles. The Morgan fingerprint density at radius 2 is 2.50 bits per heavy atom. The van der Waals surface area contributed by atoms with Crippen molar-refractivity contribution >= 4 is 5.91 Å². The first-order valence-corrected chi connectivity index (χ1v) is 5.02. The van der Waals surface area contributed by atoms with Crippen LogP contribution in [0.3, 0.4) is 0 Å². The molecule has 0 bridgehead atoms. The Balaban J connectivity index is 1.73. The summed E-state index contributed by atoms with van der Waals surface area (Å²) in [7, 11) is 0. The molecule has 76 valence electrons. The zero-order chi connectivity index (χ0) is 9.97. The second-order valence-electron chi connectivity index (χ2n) is 3.87. The van der Waals surface area contributed by atoms with Gasteiger partial charge in [0.05, 0.1) is 6.20 Å². The van der Waals surface area contributed by atoms with Gasteiger partial charge in [0.1, 0.15) is 0 Å². The molecule has 0 saturated heterocycles. The molecule has 0 aliphatic heterocycles. The van der Waals surface area contributed by atoms with Gasteiger partial charge in [0.25, 0.3) is 0 Å². The molecule has 0 atom stereocenters. The Hall–Kier alpha value is -1.32. The quantitative estimate of drug-likeness (QED) is 0.771. The highest BCUT2D eigenvalue weighted by atomic mass is 16.1. The van der Waals surface area contributed by atoms with Gasteiger partial charge in [-0.3, -0.25) is 9.48 Å². The van der Waals surface area contributed by atoms with Crippen molar-refractivity contribution in [3.05, 3.63) is 18.0 Å². The number of nitrogens with one attached hydrogen (secondary N) is 1. The van der Waals surface area contributed by atoms with Gasteiger partial charge >= 0.3 is 0 Å². The number of carbonyl (C=O) groups is 1. The summed E-state index contributed by atoms with van der Waals surface area (Å²) in [4.78, 5) is 11.3. The molecule has 14 heavy (non-hydrogen) atoms. The van der Waals surface area contributed by atoms with Gasteiger partial charge in [-0.1, -0.05) is 0 Å². The van der Waals surface area contributed by atoms with E-state index in [0.717, 1.165) is 18.4 Å². The molecule has 1 fully saturated rings. The third-order valence-corrected chi connectivity index (χ3v) is 2.27. The minimum Gasteiger partial charge on any atom is -0.353 e. The maximum Gasteiger partial charge on any atom is 0.222 e. The minimum atomic E-state index is 0.139.